The lowest BCUT2D eigenvalue weighted by molar-refractivity contribution is -0.140. The Morgan fingerprint density at radius 2 is 1.63 bits per heavy atom. The third-order valence-electron chi connectivity index (χ3n) is 7.61. The van der Waals surface area contributed by atoms with Gasteiger partial charge in [-0.3, -0.25) is 4.79 Å². The number of nitrogens with two attached hydrogens (primary N) is 1. The van der Waals surface area contributed by atoms with Crippen molar-refractivity contribution in [3.05, 3.63) is 125 Å². The van der Waals surface area contributed by atoms with Crippen molar-refractivity contribution in [3.8, 4) is 11.5 Å². The van der Waals surface area contributed by atoms with Crippen LogP contribution in [0.2, 0.25) is 0 Å². The van der Waals surface area contributed by atoms with E-state index < -0.39 is 35.5 Å². The number of rotatable bonds is 12. The third-order valence-corrected chi connectivity index (χ3v) is 7.61. The molecule has 0 aliphatic carbocycles. The number of aliphatic carboxylic acids is 1. The maximum absolute atomic E-state index is 14.0. The summed E-state index contributed by atoms with van der Waals surface area (Å²) in [6.45, 7) is 2.79. The van der Waals surface area contributed by atoms with Crippen LogP contribution < -0.4 is 11.1 Å². The van der Waals surface area contributed by atoms with Crippen molar-refractivity contribution in [3.63, 3.8) is 0 Å². The third kappa shape index (κ3) is 7.31. The summed E-state index contributed by atoms with van der Waals surface area (Å²) in [6, 6.07) is 21.2. The number of halogens is 3. The minimum absolute atomic E-state index is 0.0665. The largest absolute Gasteiger partial charge is 0.481 e. The lowest BCUT2D eigenvalue weighted by atomic mass is 9.79. The molecule has 9 heteroatoms. The summed E-state index contributed by atoms with van der Waals surface area (Å²) in [5, 5.41) is 13.8. The van der Waals surface area contributed by atoms with E-state index >= 15 is 0 Å². The van der Waals surface area contributed by atoms with Crippen LogP contribution in [0, 0.1) is 23.4 Å². The number of hydrogen-bond acceptors (Lipinski definition) is 5. The number of hydrogen-bond donors (Lipinski definition) is 3. The molecule has 4 N–H and O–H groups in total. The highest BCUT2D eigenvalue weighted by Crippen LogP contribution is 2.32. The Labute approximate surface area is 247 Å². The predicted molar refractivity (Wildman–Crippen MR) is 159 cm³/mol. The quantitative estimate of drug-likeness (QED) is 0.152. The molecule has 1 unspecified atom stereocenters. The Morgan fingerprint density at radius 3 is 2.33 bits per heavy atom. The molecule has 222 valence electrons. The summed E-state index contributed by atoms with van der Waals surface area (Å²) in [5.74, 6) is -4.40. The first kappa shape index (κ1) is 30.0. The molecule has 0 saturated carbocycles. The summed E-state index contributed by atoms with van der Waals surface area (Å²) in [4.78, 5) is 17.3. The first-order valence-electron chi connectivity index (χ1n) is 14.1. The van der Waals surface area contributed by atoms with Crippen molar-refractivity contribution in [1.29, 1.82) is 0 Å². The molecule has 0 saturated heterocycles. The fourth-order valence-electron chi connectivity index (χ4n) is 5.44. The highest BCUT2D eigenvalue weighted by Gasteiger charge is 2.34. The SMILES string of the molecule is CCc1cccc(CNC[C@H](C(N)Cc2cc(F)cc(F)c2)[C@H](C(=O)O)c2ccc3oc(-c4ccc(F)cc4)nc3c2)c1. The van der Waals surface area contributed by atoms with Gasteiger partial charge < -0.3 is 20.6 Å². The molecule has 0 aliphatic heterocycles. The average Bonchev–Trinajstić information content (AvgIpc) is 3.40. The Kier molecular flexibility index (Phi) is 9.23. The van der Waals surface area contributed by atoms with E-state index in [1.807, 2.05) is 18.2 Å². The fraction of sp³-hybridized carbons (Fsp3) is 0.235. The van der Waals surface area contributed by atoms with Gasteiger partial charge in [0, 0.05) is 36.7 Å². The van der Waals surface area contributed by atoms with E-state index in [9.17, 15) is 23.1 Å². The minimum atomic E-state index is -1.10. The fourth-order valence-corrected chi connectivity index (χ4v) is 5.44. The normalized spacial score (nSPS) is 13.6. The summed E-state index contributed by atoms with van der Waals surface area (Å²) >= 11 is 0. The zero-order valence-electron chi connectivity index (χ0n) is 23.6. The highest BCUT2D eigenvalue weighted by molar-refractivity contribution is 5.82. The topological polar surface area (TPSA) is 101 Å². The van der Waals surface area contributed by atoms with Crippen molar-refractivity contribution in [2.45, 2.75) is 38.3 Å². The summed E-state index contributed by atoms with van der Waals surface area (Å²) in [5.41, 5.74) is 11.1. The Hall–Kier alpha value is -4.47. The van der Waals surface area contributed by atoms with Crippen LogP contribution in [0.25, 0.3) is 22.6 Å². The smallest absolute Gasteiger partial charge is 0.311 e. The van der Waals surface area contributed by atoms with Crippen molar-refractivity contribution in [2.24, 2.45) is 11.7 Å². The van der Waals surface area contributed by atoms with Gasteiger partial charge in [-0.15, -0.1) is 0 Å². The number of fused-ring (bicyclic) bond motifs is 1. The maximum Gasteiger partial charge on any atom is 0.311 e. The van der Waals surface area contributed by atoms with E-state index in [2.05, 4.69) is 23.3 Å². The van der Waals surface area contributed by atoms with Crippen LogP contribution in [0.15, 0.2) is 89.3 Å². The van der Waals surface area contributed by atoms with Crippen LogP contribution in [0.5, 0.6) is 0 Å². The van der Waals surface area contributed by atoms with Crippen LogP contribution in [0.1, 0.15) is 35.1 Å². The molecule has 0 radical (unpaired) electrons. The molecule has 5 rings (SSSR count). The Morgan fingerprint density at radius 1 is 0.907 bits per heavy atom. The van der Waals surface area contributed by atoms with E-state index in [-0.39, 0.29) is 24.7 Å². The molecular weight excluding hydrogens is 555 g/mol. The number of aryl methyl sites for hydroxylation is 1. The standard InChI is InChI=1S/C34H32F3N3O3/c1-2-20-4-3-5-21(12-20)18-39-19-28(29(38)15-22-13-26(36)17-27(37)14-22)32(34(41)42)24-8-11-31-30(16-24)40-33(43-31)23-6-9-25(35)10-7-23/h3-14,16-17,28-29,32,39H,2,15,18-19,38H2,1H3,(H,41,42)/t28-,29?,32-/m1/s1. The highest BCUT2D eigenvalue weighted by atomic mass is 19.1. The number of carbonyl (C=O) groups is 1. The lowest BCUT2D eigenvalue weighted by Gasteiger charge is -2.30. The van der Waals surface area contributed by atoms with Gasteiger partial charge in [-0.1, -0.05) is 37.3 Å². The van der Waals surface area contributed by atoms with Crippen LogP contribution >= 0.6 is 0 Å². The second-order valence-corrected chi connectivity index (χ2v) is 10.7. The number of benzene rings is 4. The first-order chi connectivity index (χ1) is 20.7. The van der Waals surface area contributed by atoms with Gasteiger partial charge >= 0.3 is 5.97 Å². The molecule has 1 aromatic heterocycles. The molecule has 6 nitrogen and oxygen atoms in total. The van der Waals surface area contributed by atoms with Crippen LogP contribution in [-0.4, -0.2) is 28.6 Å². The number of oxazole rings is 1. The van der Waals surface area contributed by atoms with Crippen LogP contribution in [0.3, 0.4) is 0 Å². The molecule has 3 atom stereocenters. The zero-order chi connectivity index (χ0) is 30.5. The van der Waals surface area contributed by atoms with Crippen molar-refractivity contribution < 1.29 is 27.5 Å². The van der Waals surface area contributed by atoms with Crippen LogP contribution in [-0.2, 0) is 24.2 Å². The van der Waals surface area contributed by atoms with Crippen molar-refractivity contribution in [2.75, 3.05) is 6.54 Å². The van der Waals surface area contributed by atoms with Gasteiger partial charge in [0.2, 0.25) is 5.89 Å². The molecular formula is C34H32F3N3O3. The first-order valence-corrected chi connectivity index (χ1v) is 14.1. The molecule has 5 aromatic rings. The van der Waals surface area contributed by atoms with Gasteiger partial charge in [0.25, 0.3) is 0 Å². The molecule has 4 aromatic carbocycles. The minimum Gasteiger partial charge on any atom is -0.481 e. The number of carboxylic acids is 1. The number of nitrogens with zero attached hydrogens (tertiary/aromatic N) is 1. The molecule has 1 heterocycles. The van der Waals surface area contributed by atoms with Crippen molar-refractivity contribution in [1.82, 2.24) is 10.3 Å². The molecule has 0 aliphatic rings. The molecule has 0 bridgehead atoms. The molecule has 0 spiro atoms. The Balaban J connectivity index is 1.45. The molecule has 0 amide bonds. The summed E-state index contributed by atoms with van der Waals surface area (Å²) in [7, 11) is 0. The zero-order valence-corrected chi connectivity index (χ0v) is 23.6. The lowest BCUT2D eigenvalue weighted by Crippen LogP contribution is -2.44. The van der Waals surface area contributed by atoms with Gasteiger partial charge in [0.15, 0.2) is 5.58 Å². The van der Waals surface area contributed by atoms with Gasteiger partial charge in [0.1, 0.15) is 23.0 Å². The summed E-state index contributed by atoms with van der Waals surface area (Å²) in [6.07, 6.45) is 0.955. The number of aromatic nitrogens is 1. The summed E-state index contributed by atoms with van der Waals surface area (Å²) < 4.78 is 47.2. The van der Waals surface area contributed by atoms with E-state index in [4.69, 9.17) is 10.2 Å². The molecule has 43 heavy (non-hydrogen) atoms. The molecule has 0 fully saturated rings. The second-order valence-electron chi connectivity index (χ2n) is 10.7. The van der Waals surface area contributed by atoms with Crippen LogP contribution in [0.4, 0.5) is 13.2 Å². The predicted octanol–water partition coefficient (Wildman–Crippen LogP) is 6.62. The van der Waals surface area contributed by atoms with Gasteiger partial charge in [-0.25, -0.2) is 18.2 Å². The van der Waals surface area contributed by atoms with Crippen molar-refractivity contribution >= 4 is 17.1 Å². The van der Waals surface area contributed by atoms with E-state index in [1.165, 1.54) is 29.8 Å². The average molecular weight is 588 g/mol. The van der Waals surface area contributed by atoms with E-state index in [0.717, 1.165) is 18.1 Å². The second kappa shape index (κ2) is 13.2. The van der Waals surface area contributed by atoms with E-state index in [0.29, 0.717) is 34.3 Å². The monoisotopic (exact) mass is 587 g/mol. The van der Waals surface area contributed by atoms with Gasteiger partial charge in [-0.05, 0) is 83.6 Å². The number of carboxylic acid groups (broad SMARTS) is 1. The Bertz CT molecular complexity index is 1700. The van der Waals surface area contributed by atoms with Gasteiger partial charge in [0.05, 0.1) is 5.92 Å². The number of nitrogens with one attached hydrogen (secondary N) is 1. The van der Waals surface area contributed by atoms with Gasteiger partial charge in [-0.2, -0.15) is 0 Å². The van der Waals surface area contributed by atoms with E-state index in [1.54, 1.807) is 30.3 Å². The maximum atomic E-state index is 14.0.